The fourth-order valence-corrected chi connectivity index (χ4v) is 5.12. The van der Waals surface area contributed by atoms with E-state index in [2.05, 4.69) is 32.4 Å². The third kappa shape index (κ3) is 5.10. The second kappa shape index (κ2) is 11.3. The number of aryl methyl sites for hydroxylation is 1. The molecule has 2 N–H and O–H groups in total. The lowest BCUT2D eigenvalue weighted by Gasteiger charge is -2.34. The molecule has 1 aliphatic heterocycles. The number of likely N-dealkylation sites (tertiary alicyclic amines) is 1. The van der Waals surface area contributed by atoms with Crippen LogP contribution >= 0.6 is 11.6 Å². The van der Waals surface area contributed by atoms with Crippen molar-refractivity contribution in [3.63, 3.8) is 0 Å². The molecule has 1 aliphatic rings. The number of alkyl halides is 1. The molecular formula is C27H29ClN8O3. The molecule has 0 saturated carbocycles. The van der Waals surface area contributed by atoms with Crippen molar-refractivity contribution in [2.45, 2.75) is 38.6 Å². The highest BCUT2D eigenvalue weighted by atomic mass is 35.5. The molecule has 2 unspecified atom stereocenters. The molecule has 4 aromatic rings. The van der Waals surface area contributed by atoms with E-state index in [1.807, 2.05) is 19.1 Å². The van der Waals surface area contributed by atoms with E-state index in [1.54, 1.807) is 27.7 Å². The summed E-state index contributed by atoms with van der Waals surface area (Å²) in [6.07, 6.45) is 5.83. The highest BCUT2D eigenvalue weighted by Crippen LogP contribution is 2.28. The number of nitrogen functional groups attached to an aromatic ring is 1. The summed E-state index contributed by atoms with van der Waals surface area (Å²) in [5.74, 6) is 1.32. The van der Waals surface area contributed by atoms with Crippen LogP contribution in [0.15, 0.2) is 58.3 Å². The van der Waals surface area contributed by atoms with E-state index in [4.69, 9.17) is 21.9 Å². The van der Waals surface area contributed by atoms with E-state index in [0.717, 1.165) is 24.8 Å². The Kier molecular flexibility index (Phi) is 7.63. The van der Waals surface area contributed by atoms with Crippen molar-refractivity contribution in [3.8, 4) is 17.1 Å². The molecule has 3 aromatic heterocycles. The van der Waals surface area contributed by atoms with E-state index in [0.29, 0.717) is 54.0 Å². The van der Waals surface area contributed by atoms with E-state index in [1.165, 1.54) is 10.9 Å². The molecule has 12 heteroatoms. The number of halogens is 1. The number of rotatable bonds is 8. The van der Waals surface area contributed by atoms with Gasteiger partial charge in [0, 0.05) is 31.0 Å². The SMILES string of the molecule is C=C=CC(C)C(=O)N1CCCC(n2c(=O)n(-c3ccc(-c4noc(CCCCl)n4)cc3)c3c(N)ncnc32)C1. The van der Waals surface area contributed by atoms with Gasteiger partial charge in [0.1, 0.15) is 11.8 Å². The van der Waals surface area contributed by atoms with Crippen LogP contribution in [0.1, 0.15) is 38.1 Å². The zero-order valence-electron chi connectivity index (χ0n) is 21.6. The molecule has 1 saturated heterocycles. The number of aromatic nitrogens is 6. The summed E-state index contributed by atoms with van der Waals surface area (Å²) in [6.45, 7) is 6.40. The number of fused-ring (bicyclic) bond motifs is 1. The van der Waals surface area contributed by atoms with Crippen LogP contribution in [-0.4, -0.2) is 59.0 Å². The molecule has 202 valence electrons. The maximum Gasteiger partial charge on any atom is 0.335 e. The summed E-state index contributed by atoms with van der Waals surface area (Å²) in [4.78, 5) is 41.7. The number of amides is 1. The molecule has 0 bridgehead atoms. The summed E-state index contributed by atoms with van der Waals surface area (Å²) in [5.41, 5.74) is 10.8. The Morgan fingerprint density at radius 2 is 2.13 bits per heavy atom. The number of carbonyl (C=O) groups is 1. The lowest BCUT2D eigenvalue weighted by molar-refractivity contribution is -0.135. The Labute approximate surface area is 229 Å². The molecule has 1 aromatic carbocycles. The molecule has 39 heavy (non-hydrogen) atoms. The summed E-state index contributed by atoms with van der Waals surface area (Å²) >= 11 is 5.75. The number of hydrogen-bond acceptors (Lipinski definition) is 8. The molecule has 5 rings (SSSR count). The van der Waals surface area contributed by atoms with Crippen molar-refractivity contribution in [3.05, 3.63) is 65.4 Å². The van der Waals surface area contributed by atoms with Gasteiger partial charge in [0.05, 0.1) is 17.6 Å². The molecule has 0 aliphatic carbocycles. The first-order valence-electron chi connectivity index (χ1n) is 12.8. The summed E-state index contributed by atoms with van der Waals surface area (Å²) in [5, 5.41) is 4.05. The zero-order valence-corrected chi connectivity index (χ0v) is 22.3. The lowest BCUT2D eigenvalue weighted by atomic mass is 10.0. The number of nitrogens with zero attached hydrogens (tertiary/aromatic N) is 7. The van der Waals surface area contributed by atoms with Gasteiger partial charge in [-0.05, 0) is 56.5 Å². The third-order valence-electron chi connectivity index (χ3n) is 6.89. The minimum absolute atomic E-state index is 0.0235. The van der Waals surface area contributed by atoms with Gasteiger partial charge in [-0.25, -0.2) is 14.8 Å². The van der Waals surface area contributed by atoms with Gasteiger partial charge >= 0.3 is 5.69 Å². The molecule has 2 atom stereocenters. The van der Waals surface area contributed by atoms with Gasteiger partial charge < -0.3 is 15.2 Å². The van der Waals surface area contributed by atoms with Gasteiger partial charge in [0.25, 0.3) is 0 Å². The second-order valence-corrected chi connectivity index (χ2v) is 9.89. The number of carbonyl (C=O) groups excluding carboxylic acids is 1. The van der Waals surface area contributed by atoms with E-state index in [-0.39, 0.29) is 29.4 Å². The Balaban J connectivity index is 1.51. The Hall–Kier alpha value is -4.21. The number of anilines is 1. The Bertz CT molecular complexity index is 1600. The first-order chi connectivity index (χ1) is 18.9. The van der Waals surface area contributed by atoms with Crippen LogP contribution in [-0.2, 0) is 11.2 Å². The smallest absolute Gasteiger partial charge is 0.335 e. The zero-order chi connectivity index (χ0) is 27.5. The number of nitrogens with two attached hydrogens (primary N) is 1. The van der Waals surface area contributed by atoms with Crippen LogP contribution in [0.25, 0.3) is 28.2 Å². The monoisotopic (exact) mass is 548 g/mol. The van der Waals surface area contributed by atoms with Gasteiger partial charge in [-0.2, -0.15) is 4.98 Å². The van der Waals surface area contributed by atoms with Crippen LogP contribution < -0.4 is 11.4 Å². The van der Waals surface area contributed by atoms with Crippen molar-refractivity contribution in [2.75, 3.05) is 24.7 Å². The largest absolute Gasteiger partial charge is 0.382 e. The van der Waals surface area contributed by atoms with Gasteiger partial charge in [0.15, 0.2) is 11.5 Å². The van der Waals surface area contributed by atoms with E-state index in [9.17, 15) is 9.59 Å². The molecule has 0 radical (unpaired) electrons. The predicted molar refractivity (Wildman–Crippen MR) is 148 cm³/mol. The van der Waals surface area contributed by atoms with Crippen LogP contribution in [0, 0.1) is 5.92 Å². The fourth-order valence-electron chi connectivity index (χ4n) is 4.99. The predicted octanol–water partition coefficient (Wildman–Crippen LogP) is 3.53. The van der Waals surface area contributed by atoms with Crippen LogP contribution in [0.3, 0.4) is 0 Å². The van der Waals surface area contributed by atoms with Crippen LogP contribution in [0.4, 0.5) is 5.82 Å². The average molecular weight is 549 g/mol. The fraction of sp³-hybridized carbons (Fsp3) is 0.370. The first-order valence-corrected chi connectivity index (χ1v) is 13.3. The standard InChI is InChI=1S/C27H29ClN8O3/c1-3-6-17(2)26(37)34-14-5-7-20(15-34)36-25-22(23(29)30-16-31-25)35(27(36)38)19-11-9-18(10-12-19)24-32-21(39-33-24)8-4-13-28/h6,9-12,16-17,20H,1,4-5,7-8,13-15H2,2H3,(H2,29,30,31). The molecule has 1 amide bonds. The molecule has 4 heterocycles. The lowest BCUT2D eigenvalue weighted by Crippen LogP contribution is -2.44. The Morgan fingerprint density at radius 3 is 2.87 bits per heavy atom. The highest BCUT2D eigenvalue weighted by Gasteiger charge is 2.31. The average Bonchev–Trinajstić information content (AvgIpc) is 3.54. The van der Waals surface area contributed by atoms with Gasteiger partial charge in [-0.3, -0.25) is 13.9 Å². The quantitative estimate of drug-likeness (QED) is 0.261. The van der Waals surface area contributed by atoms with Crippen molar-refractivity contribution < 1.29 is 9.32 Å². The van der Waals surface area contributed by atoms with Gasteiger partial charge in [-0.1, -0.05) is 11.7 Å². The molecule has 11 nitrogen and oxygen atoms in total. The topological polar surface area (TPSA) is 138 Å². The van der Waals surface area contributed by atoms with Gasteiger partial charge in [-0.15, -0.1) is 17.3 Å². The highest BCUT2D eigenvalue weighted by molar-refractivity contribution is 6.17. The maximum absolute atomic E-state index is 13.9. The van der Waals surface area contributed by atoms with Crippen molar-refractivity contribution in [1.29, 1.82) is 0 Å². The van der Waals surface area contributed by atoms with Crippen LogP contribution in [0.2, 0.25) is 0 Å². The normalized spacial score (nSPS) is 16.3. The summed E-state index contributed by atoms with van der Waals surface area (Å²) in [7, 11) is 0. The minimum Gasteiger partial charge on any atom is -0.382 e. The summed E-state index contributed by atoms with van der Waals surface area (Å²) in [6, 6.07) is 6.95. The molecule has 0 spiro atoms. The van der Waals surface area contributed by atoms with Gasteiger partial charge in [0.2, 0.25) is 17.6 Å². The van der Waals surface area contributed by atoms with Crippen LogP contribution in [0.5, 0.6) is 0 Å². The van der Waals surface area contributed by atoms with Crippen molar-refractivity contribution in [2.24, 2.45) is 5.92 Å². The third-order valence-corrected chi connectivity index (χ3v) is 7.15. The number of benzene rings is 1. The minimum atomic E-state index is -0.341. The maximum atomic E-state index is 13.9. The molecule has 1 fully saturated rings. The Morgan fingerprint density at radius 1 is 1.33 bits per heavy atom. The first kappa shape index (κ1) is 26.4. The number of hydrogen-bond donors (Lipinski definition) is 1. The number of imidazole rings is 1. The summed E-state index contributed by atoms with van der Waals surface area (Å²) < 4.78 is 8.46. The van der Waals surface area contributed by atoms with E-state index < -0.39 is 0 Å². The molecular weight excluding hydrogens is 520 g/mol. The van der Waals surface area contributed by atoms with Crippen molar-refractivity contribution in [1.82, 2.24) is 34.1 Å². The second-order valence-electron chi connectivity index (χ2n) is 9.51. The number of piperidine rings is 1. The van der Waals surface area contributed by atoms with Crippen molar-refractivity contribution >= 4 is 34.5 Å². The van der Waals surface area contributed by atoms with E-state index >= 15 is 0 Å².